The highest BCUT2D eigenvalue weighted by molar-refractivity contribution is 7.89. The molecule has 0 fully saturated rings. The Morgan fingerprint density at radius 3 is 2.33 bits per heavy atom. The first kappa shape index (κ1) is 25.1. The zero-order chi connectivity index (χ0) is 25.5. The Morgan fingerprint density at radius 1 is 0.889 bits per heavy atom. The highest BCUT2D eigenvalue weighted by atomic mass is 35.5. The average Bonchev–Trinajstić information content (AvgIpc) is 2.89. The number of rotatable bonds is 8. The predicted molar refractivity (Wildman–Crippen MR) is 138 cm³/mol. The van der Waals surface area contributed by atoms with E-state index in [1.807, 2.05) is 30.3 Å². The molecule has 0 aromatic heterocycles. The van der Waals surface area contributed by atoms with Gasteiger partial charge in [0.05, 0.1) is 23.2 Å². The monoisotopic (exact) mass is 521 g/mol. The second-order valence-corrected chi connectivity index (χ2v) is 9.73. The Labute approximate surface area is 212 Å². The number of nitrogens with one attached hydrogen (secondary N) is 2. The van der Waals surface area contributed by atoms with Crippen molar-refractivity contribution in [3.05, 3.63) is 107 Å². The number of nitrogens with zero attached hydrogens (tertiary/aromatic N) is 1. The average molecular weight is 522 g/mol. The normalized spacial score (nSPS) is 11.5. The first-order chi connectivity index (χ1) is 17.3. The summed E-state index contributed by atoms with van der Waals surface area (Å²) in [7, 11) is -3.90. The van der Waals surface area contributed by atoms with Gasteiger partial charge in [-0.3, -0.25) is 4.79 Å². The molecule has 0 saturated carbocycles. The number of carbonyl (C=O) groups excluding carboxylic acids is 2. The Hall–Kier alpha value is -4.05. The molecule has 0 saturated heterocycles. The standard InChI is InChI=1S/C26H20ClN3O5S/c27-20-11-13-21(14-12-20)36(33,34)29-17-25(31)30-28-16-23-22-9-5-4-6-18(22)10-15-24(23)35-26(32)19-7-2-1-3-8-19/h1-16,29H,17H2,(H,30,31)/b28-16+. The molecule has 0 aliphatic heterocycles. The summed E-state index contributed by atoms with van der Waals surface area (Å²) in [5, 5.41) is 5.96. The van der Waals surface area contributed by atoms with Crippen LogP contribution in [0.4, 0.5) is 0 Å². The molecule has 36 heavy (non-hydrogen) atoms. The van der Waals surface area contributed by atoms with Gasteiger partial charge in [-0.25, -0.2) is 23.4 Å². The minimum Gasteiger partial charge on any atom is -0.422 e. The van der Waals surface area contributed by atoms with E-state index in [-0.39, 0.29) is 10.6 Å². The van der Waals surface area contributed by atoms with Crippen molar-refractivity contribution >= 4 is 50.5 Å². The lowest BCUT2D eigenvalue weighted by Crippen LogP contribution is -2.34. The number of fused-ring (bicyclic) bond motifs is 1. The van der Waals surface area contributed by atoms with Crippen LogP contribution in [0.3, 0.4) is 0 Å². The van der Waals surface area contributed by atoms with E-state index >= 15 is 0 Å². The third-order valence-electron chi connectivity index (χ3n) is 5.07. The molecule has 4 aromatic rings. The van der Waals surface area contributed by atoms with E-state index in [0.717, 1.165) is 10.8 Å². The van der Waals surface area contributed by atoms with Crippen molar-refractivity contribution in [1.29, 1.82) is 0 Å². The molecule has 0 aliphatic carbocycles. The fraction of sp³-hybridized carbons (Fsp3) is 0.0385. The number of halogens is 1. The lowest BCUT2D eigenvalue weighted by molar-refractivity contribution is -0.119. The van der Waals surface area contributed by atoms with E-state index in [2.05, 4.69) is 15.2 Å². The summed E-state index contributed by atoms with van der Waals surface area (Å²) in [6.45, 7) is -0.534. The second kappa shape index (κ2) is 11.1. The number of benzene rings is 4. The fourth-order valence-electron chi connectivity index (χ4n) is 3.30. The predicted octanol–water partition coefficient (Wildman–Crippen LogP) is 4.14. The fourth-order valence-corrected chi connectivity index (χ4v) is 4.40. The first-order valence-corrected chi connectivity index (χ1v) is 12.6. The molecule has 0 unspecified atom stereocenters. The molecule has 0 atom stereocenters. The van der Waals surface area contributed by atoms with Crippen molar-refractivity contribution in [3.63, 3.8) is 0 Å². The number of hydrogen-bond donors (Lipinski definition) is 2. The van der Waals surface area contributed by atoms with Gasteiger partial charge < -0.3 is 4.74 Å². The van der Waals surface area contributed by atoms with Crippen LogP contribution in [0.25, 0.3) is 10.8 Å². The second-order valence-electron chi connectivity index (χ2n) is 7.53. The number of amides is 1. The van der Waals surface area contributed by atoms with Gasteiger partial charge in [0.25, 0.3) is 5.91 Å². The van der Waals surface area contributed by atoms with Crippen LogP contribution in [-0.2, 0) is 14.8 Å². The molecule has 8 nitrogen and oxygen atoms in total. The van der Waals surface area contributed by atoms with Crippen LogP contribution in [0.2, 0.25) is 5.02 Å². The third-order valence-corrected chi connectivity index (χ3v) is 6.74. The van der Waals surface area contributed by atoms with Gasteiger partial charge in [-0.1, -0.05) is 60.1 Å². The van der Waals surface area contributed by atoms with E-state index in [1.165, 1.54) is 30.5 Å². The van der Waals surface area contributed by atoms with Gasteiger partial charge in [-0.15, -0.1) is 0 Å². The number of sulfonamides is 1. The number of hydrogen-bond acceptors (Lipinski definition) is 6. The lowest BCUT2D eigenvalue weighted by atomic mass is 10.0. The van der Waals surface area contributed by atoms with Gasteiger partial charge in [0, 0.05) is 10.6 Å². The van der Waals surface area contributed by atoms with Gasteiger partial charge in [0.1, 0.15) is 5.75 Å². The molecule has 4 rings (SSSR count). The van der Waals surface area contributed by atoms with Crippen molar-refractivity contribution < 1.29 is 22.7 Å². The van der Waals surface area contributed by atoms with Gasteiger partial charge in [-0.05, 0) is 53.2 Å². The van der Waals surface area contributed by atoms with Gasteiger partial charge in [0.2, 0.25) is 10.0 Å². The maximum Gasteiger partial charge on any atom is 0.343 e. The molecule has 0 aliphatic rings. The maximum atomic E-state index is 12.6. The molecule has 2 N–H and O–H groups in total. The molecule has 0 radical (unpaired) electrons. The Bertz CT molecular complexity index is 1540. The molecular formula is C26H20ClN3O5S. The summed E-state index contributed by atoms with van der Waals surface area (Å²) in [5.74, 6) is -0.975. The smallest absolute Gasteiger partial charge is 0.343 e. The molecule has 10 heteroatoms. The van der Waals surface area contributed by atoms with Crippen LogP contribution in [0, 0.1) is 0 Å². The Kier molecular flexibility index (Phi) is 7.74. The molecule has 0 heterocycles. The van der Waals surface area contributed by atoms with Crippen molar-refractivity contribution in [1.82, 2.24) is 10.1 Å². The number of carbonyl (C=O) groups is 2. The first-order valence-electron chi connectivity index (χ1n) is 10.7. The largest absolute Gasteiger partial charge is 0.422 e. The molecule has 1 amide bonds. The van der Waals surface area contributed by atoms with E-state index in [9.17, 15) is 18.0 Å². The third kappa shape index (κ3) is 6.14. The van der Waals surface area contributed by atoms with Gasteiger partial charge >= 0.3 is 5.97 Å². The van der Waals surface area contributed by atoms with E-state index in [1.54, 1.807) is 36.4 Å². The Balaban J connectivity index is 1.48. The van der Waals surface area contributed by atoms with Crippen LogP contribution in [-0.4, -0.2) is 33.1 Å². The number of ether oxygens (including phenoxy) is 1. The van der Waals surface area contributed by atoms with Crippen LogP contribution < -0.4 is 14.9 Å². The van der Waals surface area contributed by atoms with Gasteiger partial charge in [-0.2, -0.15) is 5.10 Å². The van der Waals surface area contributed by atoms with Crippen molar-refractivity contribution in [3.8, 4) is 5.75 Å². The molecule has 4 aromatic carbocycles. The van der Waals surface area contributed by atoms with Crippen LogP contribution >= 0.6 is 11.6 Å². The maximum absolute atomic E-state index is 12.6. The lowest BCUT2D eigenvalue weighted by Gasteiger charge is -2.10. The topological polar surface area (TPSA) is 114 Å². The number of hydrazone groups is 1. The van der Waals surface area contributed by atoms with Gasteiger partial charge in [0.15, 0.2) is 0 Å². The summed E-state index contributed by atoms with van der Waals surface area (Å²) >= 11 is 5.78. The number of esters is 1. The van der Waals surface area contributed by atoms with E-state index in [0.29, 0.717) is 16.1 Å². The summed E-state index contributed by atoms with van der Waals surface area (Å²) < 4.78 is 32.5. The zero-order valence-corrected chi connectivity index (χ0v) is 20.3. The molecule has 182 valence electrons. The Morgan fingerprint density at radius 2 is 1.58 bits per heavy atom. The van der Waals surface area contributed by atoms with E-state index < -0.39 is 28.4 Å². The van der Waals surface area contributed by atoms with Crippen LogP contribution in [0.1, 0.15) is 15.9 Å². The van der Waals surface area contributed by atoms with Crippen molar-refractivity contribution in [2.75, 3.05) is 6.54 Å². The van der Waals surface area contributed by atoms with E-state index in [4.69, 9.17) is 16.3 Å². The minimum atomic E-state index is -3.90. The summed E-state index contributed by atoms with van der Waals surface area (Å²) in [5.41, 5.74) is 3.14. The molecule has 0 spiro atoms. The SMILES string of the molecule is O=C(CNS(=O)(=O)c1ccc(Cl)cc1)N/N=C/c1c(OC(=O)c2ccccc2)ccc2ccccc12. The minimum absolute atomic E-state index is 0.0242. The molecule has 0 bridgehead atoms. The zero-order valence-electron chi connectivity index (χ0n) is 18.7. The van der Waals surface area contributed by atoms with Crippen LogP contribution in [0.15, 0.2) is 101 Å². The highest BCUT2D eigenvalue weighted by Crippen LogP contribution is 2.27. The van der Waals surface area contributed by atoms with Crippen molar-refractivity contribution in [2.24, 2.45) is 5.10 Å². The quantitative estimate of drug-likeness (QED) is 0.156. The molecular weight excluding hydrogens is 502 g/mol. The van der Waals surface area contributed by atoms with Crippen molar-refractivity contribution in [2.45, 2.75) is 4.90 Å². The van der Waals surface area contributed by atoms with Crippen LogP contribution in [0.5, 0.6) is 5.75 Å². The summed E-state index contributed by atoms with van der Waals surface area (Å²) in [6, 6.07) is 25.0. The highest BCUT2D eigenvalue weighted by Gasteiger charge is 2.16. The summed E-state index contributed by atoms with van der Waals surface area (Å²) in [6.07, 6.45) is 1.35. The summed E-state index contributed by atoms with van der Waals surface area (Å²) in [4.78, 5) is 24.8.